The van der Waals surface area contributed by atoms with Crippen molar-refractivity contribution in [3.8, 4) is 5.92 Å². The standard InChI is InChI=1S/C6H6O.2Li/c1-3-6(2)4-5-7;;/h4H,5H2,2H3;;/q-2;2*+1/b6-4-;;. The zero-order chi connectivity index (χ0) is 5.70. The molecular weight excluding hydrogens is 102 g/mol. The van der Waals surface area contributed by atoms with E-state index in [0.717, 1.165) is 0 Å². The number of rotatable bonds is 1. The SMILES string of the molecule is [C-]#C/C(C)=C\C[O-].[Li+].[Li+]. The molecule has 0 fully saturated rings. The molecule has 0 spiro atoms. The van der Waals surface area contributed by atoms with E-state index >= 15 is 0 Å². The van der Waals surface area contributed by atoms with Crippen LogP contribution >= 0.6 is 0 Å². The van der Waals surface area contributed by atoms with Gasteiger partial charge in [-0.25, -0.2) is 0 Å². The molecule has 1 nitrogen and oxygen atoms in total. The Hall–Kier alpha value is 0.455. The van der Waals surface area contributed by atoms with Crippen molar-refractivity contribution in [2.75, 3.05) is 6.61 Å². The van der Waals surface area contributed by atoms with E-state index < -0.39 is 0 Å². The smallest absolute Gasteiger partial charge is 0.853 e. The van der Waals surface area contributed by atoms with Crippen molar-refractivity contribution in [1.82, 2.24) is 0 Å². The average molecular weight is 108 g/mol. The molecule has 0 saturated carbocycles. The first kappa shape index (κ1) is 16.2. The first-order chi connectivity index (χ1) is 3.31. The molecule has 0 aromatic rings. The summed E-state index contributed by atoms with van der Waals surface area (Å²) in [6.45, 7) is 1.42. The fourth-order valence-corrected chi connectivity index (χ4v) is 0.176. The van der Waals surface area contributed by atoms with Gasteiger partial charge in [-0.15, -0.1) is 13.5 Å². The van der Waals surface area contributed by atoms with E-state index in [1.54, 1.807) is 6.92 Å². The summed E-state index contributed by atoms with van der Waals surface area (Å²) in [6.07, 6.45) is 7.86. The van der Waals surface area contributed by atoms with E-state index in [2.05, 4.69) is 5.92 Å². The second kappa shape index (κ2) is 11.3. The van der Waals surface area contributed by atoms with Crippen molar-refractivity contribution in [3.63, 3.8) is 0 Å². The van der Waals surface area contributed by atoms with Gasteiger partial charge in [0.05, 0.1) is 0 Å². The second-order valence-electron chi connectivity index (χ2n) is 1.18. The molecule has 0 aromatic heterocycles. The summed E-state index contributed by atoms with van der Waals surface area (Å²) in [5.41, 5.74) is 0.606. The third kappa shape index (κ3) is 11.8. The summed E-state index contributed by atoms with van der Waals surface area (Å²) in [6, 6.07) is 0. The minimum Gasteiger partial charge on any atom is -0.853 e. The van der Waals surface area contributed by atoms with E-state index in [-0.39, 0.29) is 44.3 Å². The third-order valence-electron chi connectivity index (χ3n) is 0.587. The maximum Gasteiger partial charge on any atom is 1.00 e. The van der Waals surface area contributed by atoms with Crippen molar-refractivity contribution >= 4 is 0 Å². The quantitative estimate of drug-likeness (QED) is 0.186. The maximum atomic E-state index is 9.70. The molecule has 0 rings (SSSR count). The Labute approximate surface area is 80.3 Å². The predicted octanol–water partition coefficient (Wildman–Crippen LogP) is -6.11. The fourth-order valence-electron chi connectivity index (χ4n) is 0.176. The van der Waals surface area contributed by atoms with Crippen LogP contribution in [0, 0.1) is 12.3 Å². The van der Waals surface area contributed by atoms with Crippen LogP contribution in [0.15, 0.2) is 11.6 Å². The monoisotopic (exact) mass is 108 g/mol. The molecule has 38 valence electrons. The molecule has 0 atom stereocenters. The zero-order valence-electron chi connectivity index (χ0n) is 6.19. The van der Waals surface area contributed by atoms with E-state index in [0.29, 0.717) is 5.57 Å². The van der Waals surface area contributed by atoms with Crippen LogP contribution in [0.3, 0.4) is 0 Å². The minimum atomic E-state index is -0.252. The number of hydrogen-bond acceptors (Lipinski definition) is 1. The molecule has 0 amide bonds. The zero-order valence-corrected chi connectivity index (χ0v) is 6.19. The summed E-state index contributed by atoms with van der Waals surface area (Å²) >= 11 is 0. The molecule has 0 heterocycles. The Morgan fingerprint density at radius 2 is 2.11 bits per heavy atom. The summed E-state index contributed by atoms with van der Waals surface area (Å²) in [5.74, 6) is 2.08. The molecular formula is C6H6Li2O. The van der Waals surface area contributed by atoms with Crippen molar-refractivity contribution in [1.29, 1.82) is 0 Å². The molecule has 0 aliphatic heterocycles. The molecule has 0 N–H and O–H groups in total. The Morgan fingerprint density at radius 1 is 1.67 bits per heavy atom. The number of hydrogen-bond donors (Lipinski definition) is 0. The van der Waals surface area contributed by atoms with Crippen molar-refractivity contribution < 1.29 is 42.8 Å². The van der Waals surface area contributed by atoms with Gasteiger partial charge in [0.15, 0.2) is 0 Å². The van der Waals surface area contributed by atoms with Gasteiger partial charge in [-0.2, -0.15) is 11.6 Å². The molecule has 3 heteroatoms. The van der Waals surface area contributed by atoms with Gasteiger partial charge in [0, 0.05) is 0 Å². The molecule has 0 unspecified atom stereocenters. The van der Waals surface area contributed by atoms with Gasteiger partial charge in [0.1, 0.15) is 0 Å². The largest absolute Gasteiger partial charge is 1.00 e. The molecule has 9 heavy (non-hydrogen) atoms. The van der Waals surface area contributed by atoms with Crippen LogP contribution in [0.1, 0.15) is 6.92 Å². The van der Waals surface area contributed by atoms with Crippen LogP contribution in [-0.4, -0.2) is 6.61 Å². The first-order valence-corrected chi connectivity index (χ1v) is 1.99. The summed E-state index contributed by atoms with van der Waals surface area (Å²) in [7, 11) is 0. The van der Waals surface area contributed by atoms with E-state index in [1.165, 1.54) is 6.08 Å². The maximum absolute atomic E-state index is 9.70. The number of allylic oxidation sites excluding steroid dienone is 1. The van der Waals surface area contributed by atoms with Gasteiger partial charge in [-0.1, -0.05) is 0 Å². The van der Waals surface area contributed by atoms with Gasteiger partial charge in [-0.05, 0) is 0 Å². The Morgan fingerprint density at radius 3 is 2.22 bits per heavy atom. The van der Waals surface area contributed by atoms with Gasteiger partial charge < -0.3 is 11.5 Å². The van der Waals surface area contributed by atoms with Crippen LogP contribution in [0.5, 0.6) is 0 Å². The topological polar surface area (TPSA) is 23.1 Å². The summed E-state index contributed by atoms with van der Waals surface area (Å²) in [5, 5.41) is 9.70. The van der Waals surface area contributed by atoms with Crippen molar-refractivity contribution in [3.05, 3.63) is 18.1 Å². The van der Waals surface area contributed by atoms with Crippen LogP contribution < -0.4 is 42.8 Å². The van der Waals surface area contributed by atoms with Gasteiger partial charge in [-0.3, -0.25) is 5.92 Å². The normalized spacial score (nSPS) is 8.33. The Bertz CT molecular complexity index is 113. The molecule has 0 aromatic carbocycles. The first-order valence-electron chi connectivity index (χ1n) is 1.99. The van der Waals surface area contributed by atoms with Crippen molar-refractivity contribution in [2.24, 2.45) is 0 Å². The summed E-state index contributed by atoms with van der Waals surface area (Å²) in [4.78, 5) is 0. The molecule has 0 radical (unpaired) electrons. The van der Waals surface area contributed by atoms with E-state index in [1.807, 2.05) is 0 Å². The van der Waals surface area contributed by atoms with Gasteiger partial charge in [0.2, 0.25) is 0 Å². The molecule has 0 aliphatic rings. The second-order valence-corrected chi connectivity index (χ2v) is 1.18. The minimum absolute atomic E-state index is 0. The fraction of sp³-hybridized carbons (Fsp3) is 0.333. The average Bonchev–Trinajstić information content (AvgIpc) is 1.68. The van der Waals surface area contributed by atoms with Gasteiger partial charge in [0.25, 0.3) is 0 Å². The predicted molar refractivity (Wildman–Crippen MR) is 25.8 cm³/mol. The van der Waals surface area contributed by atoms with Crippen molar-refractivity contribution in [2.45, 2.75) is 6.92 Å². The Balaban J connectivity index is -0.000000180. The molecule has 0 aliphatic carbocycles. The van der Waals surface area contributed by atoms with Crippen LogP contribution in [0.25, 0.3) is 0 Å². The van der Waals surface area contributed by atoms with E-state index in [4.69, 9.17) is 6.42 Å². The Kier molecular flexibility index (Phi) is 20.3. The van der Waals surface area contributed by atoms with Gasteiger partial charge >= 0.3 is 37.7 Å². The van der Waals surface area contributed by atoms with Crippen LogP contribution in [0.4, 0.5) is 0 Å². The van der Waals surface area contributed by atoms with E-state index in [9.17, 15) is 5.11 Å². The van der Waals surface area contributed by atoms with Crippen LogP contribution in [0.2, 0.25) is 0 Å². The van der Waals surface area contributed by atoms with Crippen LogP contribution in [-0.2, 0) is 0 Å². The summed E-state index contributed by atoms with van der Waals surface area (Å²) < 4.78 is 0. The third-order valence-corrected chi connectivity index (χ3v) is 0.587. The molecule has 0 saturated heterocycles. The molecule has 0 bridgehead atoms.